The number of carbonyl (C=O) groups excluding carboxylic acids is 1. The Morgan fingerprint density at radius 2 is 0.710 bits per heavy atom. The molecule has 0 N–H and O–H groups in total. The van der Waals surface area contributed by atoms with E-state index in [-0.39, 0.29) is 5.78 Å². The minimum atomic E-state index is -0.926. The Labute approximate surface area is 185 Å². The van der Waals surface area contributed by atoms with Crippen LogP contribution in [0.1, 0.15) is 49.3 Å². The van der Waals surface area contributed by atoms with Crippen molar-refractivity contribution in [2.75, 3.05) is 0 Å². The zero-order valence-corrected chi connectivity index (χ0v) is 18.6. The van der Waals surface area contributed by atoms with Gasteiger partial charge in [0, 0.05) is 5.56 Å². The third-order valence-electron chi connectivity index (χ3n) is 6.11. The van der Waals surface area contributed by atoms with Crippen LogP contribution in [0.3, 0.4) is 0 Å². The summed E-state index contributed by atoms with van der Waals surface area (Å²) in [5, 5.41) is 0. The Balaban J connectivity index is 2.08. The van der Waals surface area contributed by atoms with E-state index in [1.807, 2.05) is 31.2 Å². The molecule has 31 heavy (non-hydrogen) atoms. The van der Waals surface area contributed by atoms with Crippen LogP contribution in [0.5, 0.6) is 0 Å². The lowest BCUT2D eigenvalue weighted by Crippen LogP contribution is -2.38. The predicted molar refractivity (Wildman–Crippen MR) is 129 cm³/mol. The number of hydrogen-bond donors (Lipinski definition) is 0. The first-order valence-electron chi connectivity index (χ1n) is 10.7. The molecule has 0 aliphatic carbocycles. The first-order chi connectivity index (χ1) is 14.9. The molecular weight excluding hydrogens is 376 g/mol. The lowest BCUT2D eigenvalue weighted by Gasteiger charge is -2.35. The van der Waals surface area contributed by atoms with Crippen molar-refractivity contribution >= 4 is 5.78 Å². The Hall–Kier alpha value is -3.45. The fourth-order valence-electron chi connectivity index (χ4n) is 4.23. The molecule has 0 heterocycles. The molecule has 0 aromatic heterocycles. The van der Waals surface area contributed by atoms with Gasteiger partial charge < -0.3 is 0 Å². The Bertz CT molecular complexity index is 1070. The number of rotatable bonds is 5. The maximum Gasteiger partial charge on any atom is 0.182 e. The second kappa shape index (κ2) is 8.35. The summed E-state index contributed by atoms with van der Waals surface area (Å²) in [5.74, 6) is 0.0871. The van der Waals surface area contributed by atoms with E-state index < -0.39 is 5.41 Å². The molecule has 0 bridgehead atoms. The van der Waals surface area contributed by atoms with Gasteiger partial charge in [0.15, 0.2) is 5.78 Å². The van der Waals surface area contributed by atoms with Crippen molar-refractivity contribution in [3.63, 3.8) is 0 Å². The Morgan fingerprint density at radius 3 is 1.00 bits per heavy atom. The van der Waals surface area contributed by atoms with E-state index in [0.717, 1.165) is 22.3 Å². The van der Waals surface area contributed by atoms with Gasteiger partial charge in [-0.2, -0.15) is 0 Å². The van der Waals surface area contributed by atoms with E-state index in [9.17, 15) is 4.79 Å². The van der Waals surface area contributed by atoms with E-state index in [1.165, 1.54) is 16.7 Å². The summed E-state index contributed by atoms with van der Waals surface area (Å²) in [6.07, 6.45) is 0. The molecule has 0 aliphatic rings. The number of benzene rings is 4. The van der Waals surface area contributed by atoms with Crippen LogP contribution in [0, 0.1) is 27.7 Å². The molecule has 4 rings (SSSR count). The summed E-state index contributed by atoms with van der Waals surface area (Å²) >= 11 is 0. The van der Waals surface area contributed by atoms with Crippen LogP contribution in [-0.4, -0.2) is 5.78 Å². The summed E-state index contributed by atoms with van der Waals surface area (Å²) in [5.41, 5.74) is 7.40. The number of Topliss-reactive ketones (excluding diaryl/α,β-unsaturated/α-hetero) is 1. The second-order valence-electron chi connectivity index (χ2n) is 8.54. The third-order valence-corrected chi connectivity index (χ3v) is 6.11. The fourth-order valence-corrected chi connectivity index (χ4v) is 4.23. The SMILES string of the molecule is Cc1ccc(C(=O)C(c2ccc(C)cc2)(c2ccc(C)cc2)c2ccc(C)cc2)cc1. The van der Waals surface area contributed by atoms with E-state index in [0.29, 0.717) is 5.56 Å². The van der Waals surface area contributed by atoms with Gasteiger partial charge in [0.1, 0.15) is 5.41 Å². The number of carbonyl (C=O) groups is 1. The van der Waals surface area contributed by atoms with E-state index in [4.69, 9.17) is 0 Å². The van der Waals surface area contributed by atoms with Crippen molar-refractivity contribution in [2.45, 2.75) is 33.1 Å². The van der Waals surface area contributed by atoms with Gasteiger partial charge in [-0.15, -0.1) is 0 Å². The zero-order valence-electron chi connectivity index (χ0n) is 18.6. The van der Waals surface area contributed by atoms with Crippen LogP contribution in [-0.2, 0) is 5.41 Å². The predicted octanol–water partition coefficient (Wildman–Crippen LogP) is 7.14. The Morgan fingerprint density at radius 1 is 0.452 bits per heavy atom. The topological polar surface area (TPSA) is 17.1 Å². The van der Waals surface area contributed by atoms with Crippen molar-refractivity contribution < 1.29 is 4.79 Å². The molecule has 0 unspecified atom stereocenters. The van der Waals surface area contributed by atoms with Gasteiger partial charge in [-0.05, 0) is 44.4 Å². The number of aryl methyl sites for hydroxylation is 4. The molecule has 0 radical (unpaired) electrons. The maximum absolute atomic E-state index is 14.4. The molecule has 0 aliphatic heterocycles. The van der Waals surface area contributed by atoms with Crippen LogP contribution in [0.2, 0.25) is 0 Å². The summed E-state index contributed by atoms with van der Waals surface area (Å²) in [6.45, 7) is 8.27. The van der Waals surface area contributed by atoms with Crippen molar-refractivity contribution in [3.8, 4) is 0 Å². The highest BCUT2D eigenvalue weighted by Crippen LogP contribution is 2.42. The van der Waals surface area contributed by atoms with E-state index in [1.54, 1.807) is 0 Å². The van der Waals surface area contributed by atoms with Gasteiger partial charge in [-0.1, -0.05) is 119 Å². The molecule has 0 saturated carbocycles. The molecule has 0 amide bonds. The van der Waals surface area contributed by atoms with Crippen molar-refractivity contribution in [3.05, 3.63) is 142 Å². The highest BCUT2D eigenvalue weighted by atomic mass is 16.1. The van der Waals surface area contributed by atoms with Crippen molar-refractivity contribution in [1.29, 1.82) is 0 Å². The minimum Gasteiger partial charge on any atom is -0.292 e. The van der Waals surface area contributed by atoms with E-state index in [2.05, 4.69) is 93.6 Å². The van der Waals surface area contributed by atoms with Crippen LogP contribution in [0.25, 0.3) is 0 Å². The summed E-state index contributed by atoms with van der Waals surface area (Å²) in [7, 11) is 0. The van der Waals surface area contributed by atoms with Gasteiger partial charge in [0.05, 0.1) is 0 Å². The van der Waals surface area contributed by atoms with Gasteiger partial charge in [0.25, 0.3) is 0 Å². The second-order valence-corrected chi connectivity index (χ2v) is 8.54. The molecular formula is C30H28O. The zero-order chi connectivity index (χ0) is 22.0. The summed E-state index contributed by atoms with van der Waals surface area (Å²) in [4.78, 5) is 14.4. The largest absolute Gasteiger partial charge is 0.292 e. The molecule has 0 fully saturated rings. The number of hydrogen-bond acceptors (Lipinski definition) is 1. The number of ketones is 1. The molecule has 154 valence electrons. The maximum atomic E-state index is 14.4. The third kappa shape index (κ3) is 3.84. The molecule has 4 aromatic rings. The first kappa shape index (κ1) is 20.8. The van der Waals surface area contributed by atoms with Crippen molar-refractivity contribution in [1.82, 2.24) is 0 Å². The fraction of sp³-hybridized carbons (Fsp3) is 0.167. The molecule has 0 atom stereocenters. The van der Waals surface area contributed by atoms with Crippen molar-refractivity contribution in [2.24, 2.45) is 0 Å². The quantitative estimate of drug-likeness (QED) is 0.255. The van der Waals surface area contributed by atoms with Crippen LogP contribution in [0.4, 0.5) is 0 Å². The highest BCUT2D eigenvalue weighted by molar-refractivity contribution is 6.09. The lowest BCUT2D eigenvalue weighted by molar-refractivity contribution is 0.0935. The average Bonchev–Trinajstić information content (AvgIpc) is 2.78. The van der Waals surface area contributed by atoms with Crippen LogP contribution in [0.15, 0.2) is 97.1 Å². The average molecular weight is 405 g/mol. The van der Waals surface area contributed by atoms with Crippen LogP contribution < -0.4 is 0 Å². The summed E-state index contributed by atoms with van der Waals surface area (Å²) in [6, 6.07) is 33.1. The van der Waals surface area contributed by atoms with Gasteiger partial charge in [0.2, 0.25) is 0 Å². The van der Waals surface area contributed by atoms with E-state index >= 15 is 0 Å². The highest BCUT2D eigenvalue weighted by Gasteiger charge is 2.44. The molecule has 1 heteroatoms. The molecule has 4 aromatic carbocycles. The molecule has 1 nitrogen and oxygen atoms in total. The molecule has 0 spiro atoms. The first-order valence-corrected chi connectivity index (χ1v) is 10.7. The summed E-state index contributed by atoms with van der Waals surface area (Å²) < 4.78 is 0. The standard InChI is InChI=1S/C30H28O/c1-21-5-13-25(14-6-21)29(31)30(26-15-7-22(2)8-16-26,27-17-9-23(3)10-18-27)28-19-11-24(4)12-20-28/h5-20H,1-4H3. The van der Waals surface area contributed by atoms with Crippen LogP contribution >= 0.6 is 0 Å². The normalized spacial score (nSPS) is 11.4. The van der Waals surface area contributed by atoms with Gasteiger partial charge in [-0.3, -0.25) is 4.79 Å². The van der Waals surface area contributed by atoms with Gasteiger partial charge >= 0.3 is 0 Å². The molecule has 0 saturated heterocycles. The monoisotopic (exact) mass is 404 g/mol. The smallest absolute Gasteiger partial charge is 0.182 e. The lowest BCUT2D eigenvalue weighted by atomic mass is 9.65. The minimum absolute atomic E-state index is 0.0871. The van der Waals surface area contributed by atoms with Gasteiger partial charge in [-0.25, -0.2) is 0 Å². The Kier molecular flexibility index (Phi) is 5.61.